The number of thiophene rings is 1. The molecule has 28 heavy (non-hydrogen) atoms. The summed E-state index contributed by atoms with van der Waals surface area (Å²) in [6.07, 6.45) is 0. The van der Waals surface area contributed by atoms with E-state index in [0.717, 1.165) is 18.0 Å². The van der Waals surface area contributed by atoms with Gasteiger partial charge in [0.15, 0.2) is 0 Å². The maximum Gasteiger partial charge on any atom is 0.313 e. The van der Waals surface area contributed by atoms with E-state index in [0.29, 0.717) is 13.2 Å². The highest BCUT2D eigenvalue weighted by Crippen LogP contribution is 2.26. The van der Waals surface area contributed by atoms with Gasteiger partial charge < -0.3 is 15.4 Å². The monoisotopic (exact) mass is 404 g/mol. The van der Waals surface area contributed by atoms with Crippen molar-refractivity contribution in [3.8, 4) is 0 Å². The first-order chi connectivity index (χ1) is 13.6. The van der Waals surface area contributed by atoms with Gasteiger partial charge in [0.25, 0.3) is 5.69 Å². The van der Waals surface area contributed by atoms with Crippen LogP contribution in [0, 0.1) is 10.1 Å². The number of morpholine rings is 1. The minimum Gasteiger partial charge on any atom is -0.379 e. The summed E-state index contributed by atoms with van der Waals surface area (Å²) in [5.74, 6) is -1.78. The Labute approximate surface area is 165 Å². The smallest absolute Gasteiger partial charge is 0.313 e. The average molecular weight is 404 g/mol. The van der Waals surface area contributed by atoms with Gasteiger partial charge in [0.1, 0.15) is 5.69 Å². The number of nitro groups is 1. The van der Waals surface area contributed by atoms with Gasteiger partial charge in [-0.3, -0.25) is 24.6 Å². The molecule has 0 spiro atoms. The zero-order valence-electron chi connectivity index (χ0n) is 15.0. The van der Waals surface area contributed by atoms with E-state index >= 15 is 0 Å². The lowest BCUT2D eigenvalue weighted by atomic mass is 10.2. The summed E-state index contributed by atoms with van der Waals surface area (Å²) < 4.78 is 5.38. The molecule has 2 heterocycles. The lowest BCUT2D eigenvalue weighted by Gasteiger charge is -2.34. The number of rotatable bonds is 6. The molecular formula is C18H20N4O5S. The van der Waals surface area contributed by atoms with Gasteiger partial charge in [-0.25, -0.2) is 0 Å². The second-order valence-corrected chi connectivity index (χ2v) is 7.10. The Balaban J connectivity index is 1.63. The summed E-state index contributed by atoms with van der Waals surface area (Å²) in [6, 6.07) is 9.55. The Morgan fingerprint density at radius 2 is 1.93 bits per heavy atom. The van der Waals surface area contributed by atoms with Gasteiger partial charge in [-0.05, 0) is 17.5 Å². The van der Waals surface area contributed by atoms with Crippen molar-refractivity contribution in [2.45, 2.75) is 6.04 Å². The molecule has 1 atom stereocenters. The van der Waals surface area contributed by atoms with Crippen LogP contribution < -0.4 is 10.6 Å². The van der Waals surface area contributed by atoms with Crippen LogP contribution in [0.2, 0.25) is 0 Å². The number of ether oxygens (including phenoxy) is 1. The number of para-hydroxylation sites is 2. The van der Waals surface area contributed by atoms with Crippen LogP contribution in [-0.2, 0) is 14.3 Å². The Morgan fingerprint density at radius 3 is 2.61 bits per heavy atom. The van der Waals surface area contributed by atoms with E-state index in [9.17, 15) is 19.7 Å². The zero-order chi connectivity index (χ0) is 19.9. The van der Waals surface area contributed by atoms with Gasteiger partial charge in [0.05, 0.1) is 24.2 Å². The maximum absolute atomic E-state index is 12.3. The molecule has 1 unspecified atom stereocenters. The first-order valence-corrected chi connectivity index (χ1v) is 9.62. The highest BCUT2D eigenvalue weighted by molar-refractivity contribution is 7.10. The van der Waals surface area contributed by atoms with Crippen molar-refractivity contribution in [3.63, 3.8) is 0 Å². The summed E-state index contributed by atoms with van der Waals surface area (Å²) in [4.78, 5) is 38.1. The Kier molecular flexibility index (Phi) is 6.69. The maximum atomic E-state index is 12.3. The topological polar surface area (TPSA) is 114 Å². The van der Waals surface area contributed by atoms with Gasteiger partial charge in [-0.2, -0.15) is 0 Å². The fraction of sp³-hybridized carbons (Fsp3) is 0.333. The van der Waals surface area contributed by atoms with Crippen molar-refractivity contribution in [3.05, 3.63) is 56.8 Å². The molecule has 0 saturated carbocycles. The summed E-state index contributed by atoms with van der Waals surface area (Å²) in [7, 11) is 0. The molecule has 0 radical (unpaired) electrons. The summed E-state index contributed by atoms with van der Waals surface area (Å²) >= 11 is 1.58. The number of hydrogen-bond donors (Lipinski definition) is 2. The second kappa shape index (κ2) is 9.40. The van der Waals surface area contributed by atoms with Gasteiger partial charge in [-0.1, -0.05) is 18.2 Å². The van der Waals surface area contributed by atoms with Crippen LogP contribution in [0.4, 0.5) is 11.4 Å². The van der Waals surface area contributed by atoms with Crippen molar-refractivity contribution >= 4 is 34.5 Å². The Morgan fingerprint density at radius 1 is 1.18 bits per heavy atom. The van der Waals surface area contributed by atoms with Crippen molar-refractivity contribution in [1.29, 1.82) is 0 Å². The van der Waals surface area contributed by atoms with E-state index in [1.807, 2.05) is 17.5 Å². The third kappa shape index (κ3) is 4.91. The number of nitro benzene ring substituents is 1. The molecule has 0 bridgehead atoms. The Bertz CT molecular complexity index is 836. The van der Waals surface area contributed by atoms with Crippen molar-refractivity contribution < 1.29 is 19.2 Å². The fourth-order valence-electron chi connectivity index (χ4n) is 2.97. The van der Waals surface area contributed by atoms with Crippen LogP contribution in [0.5, 0.6) is 0 Å². The van der Waals surface area contributed by atoms with E-state index in [-0.39, 0.29) is 24.0 Å². The summed E-state index contributed by atoms with van der Waals surface area (Å²) in [5.41, 5.74) is -0.288. The van der Waals surface area contributed by atoms with E-state index in [1.165, 1.54) is 18.2 Å². The van der Waals surface area contributed by atoms with E-state index in [4.69, 9.17) is 4.74 Å². The van der Waals surface area contributed by atoms with Crippen LogP contribution >= 0.6 is 11.3 Å². The molecule has 1 fully saturated rings. The molecule has 1 aliphatic heterocycles. The number of carbonyl (C=O) groups excluding carboxylic acids is 2. The quantitative estimate of drug-likeness (QED) is 0.431. The normalized spacial score (nSPS) is 15.6. The first kappa shape index (κ1) is 19.9. The molecule has 1 aromatic carbocycles. The molecule has 2 amide bonds. The van der Waals surface area contributed by atoms with E-state index in [1.54, 1.807) is 17.4 Å². The lowest BCUT2D eigenvalue weighted by molar-refractivity contribution is -0.383. The number of nitrogens with one attached hydrogen (secondary N) is 2. The standard InChI is InChI=1S/C18H20N4O5S/c23-17(18(24)20-13-4-1-2-5-14(13)22(25)26)19-12-15(16-6-3-11-28-16)21-7-9-27-10-8-21/h1-6,11,15H,7-10,12H2,(H,19,23)(H,20,24). The molecule has 0 aliphatic carbocycles. The highest BCUT2D eigenvalue weighted by Gasteiger charge is 2.26. The van der Waals surface area contributed by atoms with Crippen LogP contribution in [0.25, 0.3) is 0 Å². The van der Waals surface area contributed by atoms with Crippen LogP contribution in [0.1, 0.15) is 10.9 Å². The van der Waals surface area contributed by atoms with Crippen LogP contribution in [0.3, 0.4) is 0 Å². The number of amides is 2. The molecule has 2 aromatic rings. The third-order valence-corrected chi connectivity index (χ3v) is 5.34. The second-order valence-electron chi connectivity index (χ2n) is 6.12. The van der Waals surface area contributed by atoms with Gasteiger partial charge in [0, 0.05) is 30.6 Å². The predicted molar refractivity (Wildman–Crippen MR) is 104 cm³/mol. The molecule has 3 rings (SSSR count). The van der Waals surface area contributed by atoms with Crippen molar-refractivity contribution in [1.82, 2.24) is 10.2 Å². The van der Waals surface area contributed by atoms with Gasteiger partial charge >= 0.3 is 11.8 Å². The number of hydrogen-bond acceptors (Lipinski definition) is 7. The summed E-state index contributed by atoms with van der Waals surface area (Å²) in [6.45, 7) is 2.97. The number of nitrogens with zero attached hydrogens (tertiary/aromatic N) is 2. The Hall–Kier alpha value is -2.82. The molecule has 1 aliphatic rings. The van der Waals surface area contributed by atoms with E-state index in [2.05, 4.69) is 15.5 Å². The molecule has 1 aromatic heterocycles. The summed E-state index contributed by atoms with van der Waals surface area (Å²) in [5, 5.41) is 17.9. The number of carbonyl (C=O) groups is 2. The molecule has 1 saturated heterocycles. The minimum atomic E-state index is -0.943. The molecular weight excluding hydrogens is 384 g/mol. The zero-order valence-corrected chi connectivity index (χ0v) is 15.8. The third-order valence-electron chi connectivity index (χ3n) is 4.37. The van der Waals surface area contributed by atoms with Gasteiger partial charge in [-0.15, -0.1) is 11.3 Å². The van der Waals surface area contributed by atoms with Crippen LogP contribution in [0.15, 0.2) is 41.8 Å². The predicted octanol–water partition coefficient (Wildman–Crippen LogP) is 1.78. The van der Waals surface area contributed by atoms with Crippen LogP contribution in [-0.4, -0.2) is 54.5 Å². The van der Waals surface area contributed by atoms with Crippen molar-refractivity contribution in [2.24, 2.45) is 0 Å². The largest absolute Gasteiger partial charge is 0.379 e. The first-order valence-electron chi connectivity index (χ1n) is 8.74. The highest BCUT2D eigenvalue weighted by atomic mass is 32.1. The molecule has 10 heteroatoms. The van der Waals surface area contributed by atoms with Gasteiger partial charge in [0.2, 0.25) is 0 Å². The average Bonchev–Trinajstić information content (AvgIpc) is 3.23. The lowest BCUT2D eigenvalue weighted by Crippen LogP contribution is -2.45. The fourth-order valence-corrected chi connectivity index (χ4v) is 3.83. The van der Waals surface area contributed by atoms with Crippen molar-refractivity contribution in [2.75, 3.05) is 38.2 Å². The molecule has 9 nitrogen and oxygen atoms in total. The SMILES string of the molecule is O=C(NCC(c1cccs1)N1CCOCC1)C(=O)Nc1ccccc1[N+](=O)[O-]. The minimum absolute atomic E-state index is 0.0179. The number of benzene rings is 1. The van der Waals surface area contributed by atoms with E-state index < -0.39 is 16.7 Å². The number of anilines is 1. The molecule has 2 N–H and O–H groups in total. The molecule has 148 valence electrons.